The molecule has 3 N–H and O–H groups in total. The number of hydrogen-bond acceptors (Lipinski definition) is 5. The summed E-state index contributed by atoms with van der Waals surface area (Å²) >= 11 is 0. The molecule has 0 spiro atoms. The summed E-state index contributed by atoms with van der Waals surface area (Å²) in [6, 6.07) is 12.5. The Morgan fingerprint density at radius 2 is 1.48 bits per heavy atom. The third-order valence-corrected chi connectivity index (χ3v) is 5.33. The fraction of sp³-hybridized carbons (Fsp3) is 0.263. The first kappa shape index (κ1) is 20.8. The maximum Gasteiger partial charge on any atom is 0.251 e. The molecule has 8 heteroatoms. The van der Waals surface area contributed by atoms with Gasteiger partial charge in [0.15, 0.2) is 5.78 Å². The van der Waals surface area contributed by atoms with Crippen molar-refractivity contribution < 1.29 is 18.0 Å². The summed E-state index contributed by atoms with van der Waals surface area (Å²) in [5, 5.41) is 5.71. The average molecular weight is 389 g/mol. The highest BCUT2D eigenvalue weighted by molar-refractivity contribution is 7.89. The molecule has 2 rings (SSSR count). The molecule has 2 aromatic rings. The summed E-state index contributed by atoms with van der Waals surface area (Å²) in [6.07, 6.45) is 0. The normalized spacial score (nSPS) is 11.2. The first-order valence-electron chi connectivity index (χ1n) is 8.46. The molecule has 0 unspecified atom stereocenters. The number of nitrogens with one attached hydrogen (secondary N) is 3. The summed E-state index contributed by atoms with van der Waals surface area (Å²) in [5.74, 6) is -0.301. The van der Waals surface area contributed by atoms with E-state index in [1.807, 2.05) is 0 Å². The van der Waals surface area contributed by atoms with Crippen LogP contribution >= 0.6 is 0 Å². The molecule has 2 aromatic carbocycles. The highest BCUT2D eigenvalue weighted by Gasteiger charge is 2.14. The quantitative estimate of drug-likeness (QED) is 0.443. The van der Waals surface area contributed by atoms with E-state index in [4.69, 9.17) is 0 Å². The summed E-state index contributed by atoms with van der Waals surface area (Å²) in [5.41, 5.74) is 1.70. The van der Waals surface area contributed by atoms with Crippen LogP contribution in [0.1, 0.15) is 33.2 Å². The zero-order valence-corrected chi connectivity index (χ0v) is 16.1. The molecule has 7 nitrogen and oxygen atoms in total. The number of Topliss-reactive ketones (excluding diaryl/α,β-unsaturated/α-hetero) is 1. The molecule has 0 aromatic heterocycles. The number of rotatable bonds is 9. The first-order chi connectivity index (χ1) is 12.8. The van der Waals surface area contributed by atoms with Gasteiger partial charge in [0.2, 0.25) is 10.0 Å². The lowest BCUT2D eigenvalue weighted by atomic mass is 10.1. The van der Waals surface area contributed by atoms with E-state index in [9.17, 15) is 18.0 Å². The van der Waals surface area contributed by atoms with Crippen molar-refractivity contribution in [2.24, 2.45) is 0 Å². The number of carbonyl (C=O) groups is 2. The average Bonchev–Trinajstić information content (AvgIpc) is 2.67. The Hall–Kier alpha value is -2.55. The second-order valence-corrected chi connectivity index (χ2v) is 7.73. The number of ketones is 1. The van der Waals surface area contributed by atoms with E-state index in [0.29, 0.717) is 24.2 Å². The third-order valence-electron chi connectivity index (χ3n) is 3.91. The van der Waals surface area contributed by atoms with E-state index in [1.165, 1.54) is 31.2 Å². The van der Waals surface area contributed by atoms with Crippen LogP contribution in [0.25, 0.3) is 0 Å². The van der Waals surface area contributed by atoms with Crippen molar-refractivity contribution in [1.29, 1.82) is 0 Å². The third kappa shape index (κ3) is 5.99. The van der Waals surface area contributed by atoms with Crippen LogP contribution < -0.4 is 15.4 Å². The van der Waals surface area contributed by atoms with E-state index in [1.54, 1.807) is 31.3 Å². The van der Waals surface area contributed by atoms with Gasteiger partial charge in [-0.05, 0) is 43.8 Å². The van der Waals surface area contributed by atoms with Crippen LogP contribution in [0.4, 0.5) is 0 Å². The van der Waals surface area contributed by atoms with Crippen LogP contribution in [0.5, 0.6) is 0 Å². The standard InChI is InChI=1S/C19H23N3O4S/c1-14(23)16-7-9-18(10-8-16)27(25,26)22-13-15-3-5-17(6-4-15)19(24)21-12-11-20-2/h3-10,20,22H,11-13H2,1-2H3,(H,21,24). The number of sulfonamides is 1. The maximum atomic E-state index is 12.3. The van der Waals surface area contributed by atoms with Crippen molar-refractivity contribution >= 4 is 21.7 Å². The van der Waals surface area contributed by atoms with E-state index >= 15 is 0 Å². The lowest BCUT2D eigenvalue weighted by Crippen LogP contribution is -2.30. The van der Waals surface area contributed by atoms with Gasteiger partial charge in [-0.25, -0.2) is 13.1 Å². The molecule has 0 bridgehead atoms. The molecule has 0 atom stereocenters. The van der Waals surface area contributed by atoms with Gasteiger partial charge in [0, 0.05) is 30.8 Å². The first-order valence-corrected chi connectivity index (χ1v) is 9.94. The zero-order valence-electron chi connectivity index (χ0n) is 15.3. The number of carbonyl (C=O) groups excluding carboxylic acids is 2. The summed E-state index contributed by atoms with van der Waals surface area (Å²) in [6.45, 7) is 2.73. The minimum Gasteiger partial charge on any atom is -0.351 e. The Bertz CT molecular complexity index is 892. The molecule has 0 radical (unpaired) electrons. The van der Waals surface area contributed by atoms with Crippen molar-refractivity contribution in [1.82, 2.24) is 15.4 Å². The second kappa shape index (κ2) is 9.40. The van der Waals surface area contributed by atoms with Crippen LogP contribution in [0, 0.1) is 0 Å². The second-order valence-electron chi connectivity index (χ2n) is 5.96. The van der Waals surface area contributed by atoms with Crippen LogP contribution in [0.15, 0.2) is 53.4 Å². The Kier molecular flexibility index (Phi) is 7.23. The lowest BCUT2D eigenvalue weighted by molar-refractivity contribution is 0.0953. The molecule has 27 heavy (non-hydrogen) atoms. The molecule has 0 aliphatic heterocycles. The molecule has 0 aliphatic carbocycles. The highest BCUT2D eigenvalue weighted by atomic mass is 32.2. The van der Waals surface area contributed by atoms with E-state index in [0.717, 1.165) is 5.56 Å². The van der Waals surface area contributed by atoms with Crippen LogP contribution in [0.2, 0.25) is 0 Å². The van der Waals surface area contributed by atoms with Gasteiger partial charge in [-0.1, -0.05) is 24.3 Å². The van der Waals surface area contributed by atoms with Gasteiger partial charge in [-0.15, -0.1) is 0 Å². The minimum atomic E-state index is -3.69. The minimum absolute atomic E-state index is 0.0908. The van der Waals surface area contributed by atoms with Gasteiger partial charge < -0.3 is 10.6 Å². The lowest BCUT2D eigenvalue weighted by Gasteiger charge is -2.09. The maximum absolute atomic E-state index is 12.3. The van der Waals surface area contributed by atoms with Crippen molar-refractivity contribution in [3.05, 3.63) is 65.2 Å². The largest absolute Gasteiger partial charge is 0.351 e. The van der Waals surface area contributed by atoms with Gasteiger partial charge in [0.25, 0.3) is 5.91 Å². The summed E-state index contributed by atoms with van der Waals surface area (Å²) in [4.78, 5) is 23.3. The number of hydrogen-bond donors (Lipinski definition) is 3. The topological polar surface area (TPSA) is 104 Å². The van der Waals surface area contributed by atoms with Crippen molar-refractivity contribution in [2.75, 3.05) is 20.1 Å². The number of amides is 1. The summed E-state index contributed by atoms with van der Waals surface area (Å²) < 4.78 is 27.2. The van der Waals surface area contributed by atoms with E-state index in [2.05, 4.69) is 15.4 Å². The molecule has 0 fully saturated rings. The van der Waals surface area contributed by atoms with Gasteiger partial charge in [-0.2, -0.15) is 0 Å². The van der Waals surface area contributed by atoms with Crippen LogP contribution in [0.3, 0.4) is 0 Å². The van der Waals surface area contributed by atoms with Crippen molar-refractivity contribution in [3.63, 3.8) is 0 Å². The van der Waals surface area contributed by atoms with E-state index < -0.39 is 10.0 Å². The molecular weight excluding hydrogens is 366 g/mol. The molecule has 0 aliphatic rings. The van der Waals surface area contributed by atoms with Crippen LogP contribution in [-0.4, -0.2) is 40.2 Å². The molecule has 0 saturated carbocycles. The Labute approximate surface area is 159 Å². The monoisotopic (exact) mass is 389 g/mol. The van der Waals surface area contributed by atoms with E-state index in [-0.39, 0.29) is 23.1 Å². The predicted molar refractivity (Wildman–Crippen MR) is 103 cm³/mol. The van der Waals surface area contributed by atoms with Crippen molar-refractivity contribution in [2.45, 2.75) is 18.4 Å². The Morgan fingerprint density at radius 1 is 0.889 bits per heavy atom. The number of likely N-dealkylation sites (N-methyl/N-ethyl adjacent to an activating group) is 1. The smallest absolute Gasteiger partial charge is 0.251 e. The Morgan fingerprint density at radius 3 is 2.04 bits per heavy atom. The molecule has 0 heterocycles. The number of benzene rings is 2. The predicted octanol–water partition coefficient (Wildman–Crippen LogP) is 1.32. The van der Waals surface area contributed by atoms with Gasteiger partial charge in [0.1, 0.15) is 0 Å². The van der Waals surface area contributed by atoms with Gasteiger partial charge in [0.05, 0.1) is 4.90 Å². The summed E-state index contributed by atoms with van der Waals surface area (Å²) in [7, 11) is -1.88. The molecule has 1 amide bonds. The fourth-order valence-corrected chi connectivity index (χ4v) is 3.33. The SMILES string of the molecule is CNCCNC(=O)c1ccc(CNS(=O)(=O)c2ccc(C(C)=O)cc2)cc1. The molecular formula is C19H23N3O4S. The fourth-order valence-electron chi connectivity index (χ4n) is 2.31. The molecule has 144 valence electrons. The highest BCUT2D eigenvalue weighted by Crippen LogP contribution is 2.12. The zero-order chi connectivity index (χ0) is 19.9. The Balaban J connectivity index is 1.97. The molecule has 0 saturated heterocycles. The van der Waals surface area contributed by atoms with Gasteiger partial charge >= 0.3 is 0 Å². The van der Waals surface area contributed by atoms with Crippen LogP contribution in [-0.2, 0) is 16.6 Å². The van der Waals surface area contributed by atoms with Crippen molar-refractivity contribution in [3.8, 4) is 0 Å². The van der Waals surface area contributed by atoms with Gasteiger partial charge in [-0.3, -0.25) is 9.59 Å².